The fraction of sp³-hybridized carbons (Fsp3) is 0.438. The van der Waals surface area contributed by atoms with Crippen LogP contribution in [0.1, 0.15) is 28.5 Å². The Bertz CT molecular complexity index is 649. The van der Waals surface area contributed by atoms with Gasteiger partial charge in [-0.1, -0.05) is 23.4 Å². The summed E-state index contributed by atoms with van der Waals surface area (Å²) >= 11 is 0. The summed E-state index contributed by atoms with van der Waals surface area (Å²) in [6.45, 7) is 4.05. The maximum absolute atomic E-state index is 12.5. The second kappa shape index (κ2) is 8.77. The average molecular weight is 352 g/mol. The number of hydrogen-bond acceptors (Lipinski definition) is 6. The van der Waals surface area contributed by atoms with E-state index >= 15 is 0 Å². The van der Waals surface area contributed by atoms with Crippen LogP contribution >= 0.6 is 12.4 Å². The third-order valence-electron chi connectivity index (χ3n) is 3.95. The van der Waals surface area contributed by atoms with Crippen LogP contribution in [-0.4, -0.2) is 52.0 Å². The Labute approximate surface area is 147 Å². The van der Waals surface area contributed by atoms with Gasteiger partial charge in [0.2, 0.25) is 5.89 Å². The van der Waals surface area contributed by atoms with Crippen molar-refractivity contribution in [2.75, 3.05) is 26.2 Å². The quantitative estimate of drug-likeness (QED) is 0.893. The average Bonchev–Trinajstić information content (AvgIpc) is 2.92. The molecule has 24 heavy (non-hydrogen) atoms. The van der Waals surface area contributed by atoms with Gasteiger partial charge in [-0.25, -0.2) is 0 Å². The van der Waals surface area contributed by atoms with Crippen molar-refractivity contribution in [3.05, 3.63) is 47.6 Å². The summed E-state index contributed by atoms with van der Waals surface area (Å²) in [4.78, 5) is 20.9. The lowest BCUT2D eigenvalue weighted by atomic mass is 10.2. The largest absolute Gasteiger partial charge is 0.338 e. The van der Waals surface area contributed by atoms with E-state index in [2.05, 4.69) is 15.0 Å². The normalized spacial score (nSPS) is 15.6. The van der Waals surface area contributed by atoms with Gasteiger partial charge < -0.3 is 15.2 Å². The van der Waals surface area contributed by atoms with Crippen LogP contribution in [0.25, 0.3) is 0 Å². The number of nitrogens with zero attached hydrogens (tertiary/aromatic N) is 4. The maximum atomic E-state index is 12.5. The molecule has 3 rings (SSSR count). The second-order valence-electron chi connectivity index (χ2n) is 5.60. The number of halogens is 1. The number of hydrogen-bond donors (Lipinski definition) is 1. The third kappa shape index (κ3) is 4.53. The first-order valence-corrected chi connectivity index (χ1v) is 7.84. The van der Waals surface area contributed by atoms with Gasteiger partial charge in [0.15, 0.2) is 5.82 Å². The summed E-state index contributed by atoms with van der Waals surface area (Å²) in [7, 11) is 0. The van der Waals surface area contributed by atoms with E-state index in [4.69, 9.17) is 10.3 Å². The molecule has 0 unspecified atom stereocenters. The summed E-state index contributed by atoms with van der Waals surface area (Å²) < 4.78 is 5.03. The van der Waals surface area contributed by atoms with Crippen molar-refractivity contribution in [2.45, 2.75) is 19.5 Å². The first kappa shape index (κ1) is 18.4. The summed E-state index contributed by atoms with van der Waals surface area (Å²) in [5.74, 6) is 1.20. The fourth-order valence-electron chi connectivity index (χ4n) is 2.73. The zero-order chi connectivity index (χ0) is 16.1. The van der Waals surface area contributed by atoms with Crippen LogP contribution in [0.2, 0.25) is 0 Å². The Kier molecular flexibility index (Phi) is 6.72. The Morgan fingerprint density at radius 2 is 1.96 bits per heavy atom. The molecule has 2 aromatic rings. The van der Waals surface area contributed by atoms with Crippen molar-refractivity contribution in [3.8, 4) is 0 Å². The molecule has 0 atom stereocenters. The van der Waals surface area contributed by atoms with E-state index in [0.29, 0.717) is 24.8 Å². The van der Waals surface area contributed by atoms with Gasteiger partial charge in [0, 0.05) is 31.7 Å². The molecule has 7 nitrogen and oxygen atoms in total. The van der Waals surface area contributed by atoms with Crippen LogP contribution in [0, 0.1) is 0 Å². The van der Waals surface area contributed by atoms with E-state index < -0.39 is 0 Å². The van der Waals surface area contributed by atoms with Crippen molar-refractivity contribution in [2.24, 2.45) is 5.73 Å². The molecule has 2 N–H and O–H groups in total. The van der Waals surface area contributed by atoms with Crippen LogP contribution in [0.4, 0.5) is 0 Å². The molecule has 1 aliphatic rings. The molecule has 130 valence electrons. The van der Waals surface area contributed by atoms with Crippen molar-refractivity contribution < 1.29 is 9.32 Å². The maximum Gasteiger partial charge on any atom is 0.253 e. The van der Waals surface area contributed by atoms with Gasteiger partial charge in [0.05, 0.1) is 13.1 Å². The zero-order valence-electron chi connectivity index (χ0n) is 13.4. The lowest BCUT2D eigenvalue weighted by molar-refractivity contribution is 0.0761. The molecule has 1 aromatic carbocycles. The van der Waals surface area contributed by atoms with Crippen LogP contribution in [-0.2, 0) is 13.1 Å². The van der Waals surface area contributed by atoms with Gasteiger partial charge in [-0.15, -0.1) is 12.4 Å². The Morgan fingerprint density at radius 1 is 1.17 bits per heavy atom. The monoisotopic (exact) mass is 351 g/mol. The SMILES string of the molecule is Cl.NCc1nc(CN2CCCN(C(=O)c3ccccc3)CC2)no1. The lowest BCUT2D eigenvalue weighted by Gasteiger charge is -2.21. The highest BCUT2D eigenvalue weighted by molar-refractivity contribution is 5.94. The van der Waals surface area contributed by atoms with E-state index in [-0.39, 0.29) is 24.9 Å². The first-order valence-electron chi connectivity index (χ1n) is 7.84. The molecule has 8 heteroatoms. The predicted molar refractivity (Wildman–Crippen MR) is 91.7 cm³/mol. The predicted octanol–water partition coefficient (Wildman–Crippen LogP) is 1.30. The van der Waals surface area contributed by atoms with Gasteiger partial charge >= 0.3 is 0 Å². The van der Waals surface area contributed by atoms with E-state index in [1.165, 1.54) is 0 Å². The molecule has 0 bridgehead atoms. The third-order valence-corrected chi connectivity index (χ3v) is 3.95. The van der Waals surface area contributed by atoms with E-state index in [1.807, 2.05) is 35.2 Å². The fourth-order valence-corrected chi connectivity index (χ4v) is 2.73. The number of carbonyl (C=O) groups excluding carboxylic acids is 1. The van der Waals surface area contributed by atoms with Crippen LogP contribution < -0.4 is 5.73 Å². The topological polar surface area (TPSA) is 88.5 Å². The Hall–Kier alpha value is -1.96. The molecule has 1 aromatic heterocycles. The van der Waals surface area contributed by atoms with Gasteiger partial charge in [0.1, 0.15) is 0 Å². The molecular formula is C16H22ClN5O2. The molecule has 1 amide bonds. The number of nitrogens with two attached hydrogens (primary N) is 1. The molecule has 1 saturated heterocycles. The second-order valence-corrected chi connectivity index (χ2v) is 5.60. The molecule has 0 radical (unpaired) electrons. The zero-order valence-corrected chi connectivity index (χ0v) is 14.2. The smallest absolute Gasteiger partial charge is 0.253 e. The number of carbonyl (C=O) groups is 1. The number of rotatable bonds is 4. The van der Waals surface area contributed by atoms with Crippen molar-refractivity contribution in [3.63, 3.8) is 0 Å². The van der Waals surface area contributed by atoms with Crippen molar-refractivity contribution >= 4 is 18.3 Å². The van der Waals surface area contributed by atoms with Crippen LogP contribution in [0.3, 0.4) is 0 Å². The minimum absolute atomic E-state index is 0. The Balaban J connectivity index is 0.00000208. The minimum Gasteiger partial charge on any atom is -0.338 e. The van der Waals surface area contributed by atoms with Gasteiger partial charge in [-0.2, -0.15) is 4.98 Å². The van der Waals surface area contributed by atoms with Gasteiger partial charge in [-0.3, -0.25) is 9.69 Å². The molecule has 2 heterocycles. The highest BCUT2D eigenvalue weighted by Gasteiger charge is 2.21. The van der Waals surface area contributed by atoms with E-state index in [1.54, 1.807) is 0 Å². The van der Waals surface area contributed by atoms with E-state index in [9.17, 15) is 4.79 Å². The molecule has 1 fully saturated rings. The highest BCUT2D eigenvalue weighted by atomic mass is 35.5. The molecular weight excluding hydrogens is 330 g/mol. The molecule has 0 saturated carbocycles. The highest BCUT2D eigenvalue weighted by Crippen LogP contribution is 2.11. The van der Waals surface area contributed by atoms with Gasteiger partial charge in [-0.05, 0) is 18.6 Å². The standard InChI is InChI=1S/C16H21N5O2.ClH/c17-11-15-18-14(19-23-15)12-20-7-4-8-21(10-9-20)16(22)13-5-2-1-3-6-13;/h1-3,5-6H,4,7-12,17H2;1H. The number of amides is 1. The van der Waals surface area contributed by atoms with Gasteiger partial charge in [0.25, 0.3) is 5.91 Å². The van der Waals surface area contributed by atoms with E-state index in [0.717, 1.165) is 31.6 Å². The summed E-state index contributed by atoms with van der Waals surface area (Å²) in [6, 6.07) is 9.42. The van der Waals surface area contributed by atoms with Crippen molar-refractivity contribution in [1.82, 2.24) is 19.9 Å². The lowest BCUT2D eigenvalue weighted by Crippen LogP contribution is -2.35. The van der Waals surface area contributed by atoms with Crippen molar-refractivity contribution in [1.29, 1.82) is 0 Å². The van der Waals surface area contributed by atoms with Crippen LogP contribution in [0.15, 0.2) is 34.9 Å². The first-order chi connectivity index (χ1) is 11.3. The summed E-state index contributed by atoms with van der Waals surface area (Å²) in [5.41, 5.74) is 6.22. The summed E-state index contributed by atoms with van der Waals surface area (Å²) in [5, 5.41) is 3.93. The minimum atomic E-state index is 0. The molecule has 1 aliphatic heterocycles. The number of benzene rings is 1. The Morgan fingerprint density at radius 3 is 2.67 bits per heavy atom. The molecule has 0 spiro atoms. The molecule has 0 aliphatic carbocycles. The summed E-state index contributed by atoms with van der Waals surface area (Å²) in [6.07, 6.45) is 0.931. The van der Waals surface area contributed by atoms with Crippen LogP contribution in [0.5, 0.6) is 0 Å². The number of aromatic nitrogens is 2.